The first-order valence-corrected chi connectivity index (χ1v) is 11.1. The summed E-state index contributed by atoms with van der Waals surface area (Å²) in [6.07, 6.45) is 4.84. The number of nitrogens with one attached hydrogen (secondary N) is 4. The number of fused-ring (bicyclic) bond motifs is 1. The molecule has 0 fully saturated rings. The van der Waals surface area contributed by atoms with Gasteiger partial charge in [-0.15, -0.1) is 0 Å². The highest BCUT2D eigenvalue weighted by Gasteiger charge is 2.07. The van der Waals surface area contributed by atoms with Crippen molar-refractivity contribution in [1.82, 2.24) is 20.9 Å². The van der Waals surface area contributed by atoms with Crippen LogP contribution in [-0.4, -0.2) is 43.5 Å². The second-order valence-corrected chi connectivity index (χ2v) is 7.47. The molecular weight excluding hydrogens is 386 g/mol. The molecule has 0 saturated heterocycles. The molecule has 0 saturated carbocycles. The maximum absolute atomic E-state index is 11.8. The minimum Gasteiger partial charge on any atom is -0.361 e. The van der Waals surface area contributed by atoms with Crippen molar-refractivity contribution in [2.75, 3.05) is 26.7 Å². The number of rotatable bonds is 9. The van der Waals surface area contributed by atoms with Crippen molar-refractivity contribution in [3.63, 3.8) is 0 Å². The van der Waals surface area contributed by atoms with Gasteiger partial charge >= 0.3 is 0 Å². The third-order valence-electron chi connectivity index (χ3n) is 5.39. The van der Waals surface area contributed by atoms with Gasteiger partial charge in [-0.25, -0.2) is 0 Å². The van der Waals surface area contributed by atoms with Crippen LogP contribution >= 0.6 is 0 Å². The monoisotopic (exact) mass is 419 g/mol. The number of aromatic nitrogens is 1. The zero-order chi connectivity index (χ0) is 22.1. The number of aromatic amines is 1. The van der Waals surface area contributed by atoms with Gasteiger partial charge in [0, 0.05) is 49.3 Å². The van der Waals surface area contributed by atoms with E-state index >= 15 is 0 Å². The van der Waals surface area contributed by atoms with Crippen molar-refractivity contribution in [3.8, 4) is 0 Å². The molecule has 0 aliphatic carbocycles. The van der Waals surface area contributed by atoms with E-state index in [1.807, 2.05) is 24.3 Å². The van der Waals surface area contributed by atoms with Crippen LogP contribution < -0.4 is 16.0 Å². The quantitative estimate of drug-likeness (QED) is 0.317. The van der Waals surface area contributed by atoms with Crippen LogP contribution in [0.15, 0.2) is 53.7 Å². The normalized spacial score (nSPS) is 11.5. The Bertz CT molecular complexity index is 1040. The third kappa shape index (κ3) is 5.87. The second-order valence-electron chi connectivity index (χ2n) is 7.47. The highest BCUT2D eigenvalue weighted by molar-refractivity contribution is 5.94. The van der Waals surface area contributed by atoms with E-state index in [9.17, 15) is 4.79 Å². The molecular formula is C25H33N5O. The summed E-state index contributed by atoms with van der Waals surface area (Å²) in [7, 11) is 1.65. The standard InChI is InChI=1S/C25H33N5O/c1-4-19-9-7-11-22-21(17-30-23(19)22)13-15-29-25(27-5-2)28-14-12-18-8-6-10-20(16-18)24(31)26-3/h6-11,16-17,30H,4-5,12-15H2,1-3H3,(H,26,31)(H2,27,28,29). The summed E-state index contributed by atoms with van der Waals surface area (Å²) in [5.74, 6) is 0.757. The van der Waals surface area contributed by atoms with Crippen LogP contribution in [-0.2, 0) is 19.3 Å². The molecule has 3 rings (SSSR count). The van der Waals surface area contributed by atoms with E-state index in [0.717, 1.165) is 43.9 Å². The average molecular weight is 420 g/mol. The minimum absolute atomic E-state index is 0.0620. The SMILES string of the molecule is CCNC(=NCCc1c[nH]c2c(CC)cccc12)NCCc1cccc(C(=O)NC)c1. The van der Waals surface area contributed by atoms with Crippen LogP contribution in [0.25, 0.3) is 10.9 Å². The van der Waals surface area contributed by atoms with E-state index in [-0.39, 0.29) is 5.91 Å². The van der Waals surface area contributed by atoms with E-state index in [4.69, 9.17) is 4.99 Å². The molecule has 4 N–H and O–H groups in total. The van der Waals surface area contributed by atoms with Gasteiger partial charge in [-0.05, 0) is 55.0 Å². The van der Waals surface area contributed by atoms with Crippen molar-refractivity contribution in [3.05, 3.63) is 70.9 Å². The van der Waals surface area contributed by atoms with Gasteiger partial charge in [-0.1, -0.05) is 37.3 Å². The zero-order valence-corrected chi connectivity index (χ0v) is 18.7. The van der Waals surface area contributed by atoms with E-state index < -0.39 is 0 Å². The van der Waals surface area contributed by atoms with Gasteiger partial charge in [0.1, 0.15) is 0 Å². The smallest absolute Gasteiger partial charge is 0.251 e. The van der Waals surface area contributed by atoms with Gasteiger partial charge in [0.05, 0.1) is 0 Å². The largest absolute Gasteiger partial charge is 0.361 e. The van der Waals surface area contributed by atoms with Crippen LogP contribution in [0, 0.1) is 0 Å². The highest BCUT2D eigenvalue weighted by Crippen LogP contribution is 2.22. The number of carbonyl (C=O) groups is 1. The van der Waals surface area contributed by atoms with Gasteiger partial charge < -0.3 is 20.9 Å². The molecule has 0 aliphatic heterocycles. The van der Waals surface area contributed by atoms with E-state index in [0.29, 0.717) is 12.1 Å². The molecule has 0 radical (unpaired) electrons. The van der Waals surface area contributed by atoms with Crippen LogP contribution in [0.2, 0.25) is 0 Å². The number of carbonyl (C=O) groups excluding carboxylic acids is 1. The summed E-state index contributed by atoms with van der Waals surface area (Å²) in [6.45, 7) is 6.52. The Balaban J connectivity index is 1.57. The maximum atomic E-state index is 11.8. The van der Waals surface area contributed by atoms with Gasteiger partial charge in [-0.2, -0.15) is 0 Å². The first-order chi connectivity index (χ1) is 15.2. The fourth-order valence-electron chi connectivity index (χ4n) is 3.74. The lowest BCUT2D eigenvalue weighted by Gasteiger charge is -2.11. The van der Waals surface area contributed by atoms with E-state index in [2.05, 4.69) is 59.2 Å². The number of aliphatic imine (C=N–C) groups is 1. The van der Waals surface area contributed by atoms with Gasteiger partial charge in [-0.3, -0.25) is 9.79 Å². The Hall–Kier alpha value is -3.28. The molecule has 1 heterocycles. The Morgan fingerprint density at radius 3 is 2.65 bits per heavy atom. The predicted octanol–water partition coefficient (Wildman–Crippen LogP) is 3.43. The number of nitrogens with zero attached hydrogens (tertiary/aromatic N) is 1. The third-order valence-corrected chi connectivity index (χ3v) is 5.39. The Morgan fingerprint density at radius 1 is 1.03 bits per heavy atom. The molecule has 31 heavy (non-hydrogen) atoms. The topological polar surface area (TPSA) is 81.3 Å². The Morgan fingerprint density at radius 2 is 1.87 bits per heavy atom. The summed E-state index contributed by atoms with van der Waals surface area (Å²) in [4.78, 5) is 20.0. The van der Waals surface area contributed by atoms with Gasteiger partial charge in [0.25, 0.3) is 5.91 Å². The summed E-state index contributed by atoms with van der Waals surface area (Å²) >= 11 is 0. The summed E-state index contributed by atoms with van der Waals surface area (Å²) in [6, 6.07) is 14.2. The van der Waals surface area contributed by atoms with Crippen molar-refractivity contribution in [2.24, 2.45) is 4.99 Å². The molecule has 2 aromatic carbocycles. The Kier molecular flexibility index (Phi) is 8.10. The number of hydrogen-bond acceptors (Lipinski definition) is 2. The number of guanidine groups is 1. The van der Waals surface area contributed by atoms with Crippen molar-refractivity contribution in [2.45, 2.75) is 33.1 Å². The fourth-order valence-corrected chi connectivity index (χ4v) is 3.74. The summed E-state index contributed by atoms with van der Waals surface area (Å²) in [5.41, 5.74) is 5.70. The zero-order valence-electron chi connectivity index (χ0n) is 18.7. The van der Waals surface area contributed by atoms with Crippen LogP contribution in [0.5, 0.6) is 0 Å². The molecule has 0 bridgehead atoms. The number of benzene rings is 2. The summed E-state index contributed by atoms with van der Waals surface area (Å²) < 4.78 is 0. The molecule has 6 nitrogen and oxygen atoms in total. The van der Waals surface area contributed by atoms with Crippen LogP contribution in [0.3, 0.4) is 0 Å². The van der Waals surface area contributed by atoms with Crippen LogP contribution in [0.1, 0.15) is 40.9 Å². The van der Waals surface area contributed by atoms with E-state index in [1.165, 1.54) is 22.0 Å². The lowest BCUT2D eigenvalue weighted by atomic mass is 10.1. The molecule has 6 heteroatoms. The van der Waals surface area contributed by atoms with E-state index in [1.54, 1.807) is 7.05 Å². The van der Waals surface area contributed by atoms with Gasteiger partial charge in [0.2, 0.25) is 0 Å². The highest BCUT2D eigenvalue weighted by atomic mass is 16.1. The van der Waals surface area contributed by atoms with Crippen LogP contribution in [0.4, 0.5) is 0 Å². The average Bonchev–Trinajstić information content (AvgIpc) is 3.22. The minimum atomic E-state index is -0.0620. The molecule has 0 spiro atoms. The van der Waals surface area contributed by atoms with Gasteiger partial charge in [0.15, 0.2) is 5.96 Å². The number of amides is 1. The fraction of sp³-hybridized carbons (Fsp3) is 0.360. The van der Waals surface area contributed by atoms with Crippen molar-refractivity contribution in [1.29, 1.82) is 0 Å². The summed E-state index contributed by atoms with van der Waals surface area (Å²) in [5, 5.41) is 10.7. The molecule has 0 aliphatic rings. The van der Waals surface area contributed by atoms with Crippen molar-refractivity contribution >= 4 is 22.8 Å². The lowest BCUT2D eigenvalue weighted by Crippen LogP contribution is -2.38. The van der Waals surface area contributed by atoms with Crippen molar-refractivity contribution < 1.29 is 4.79 Å². The lowest BCUT2D eigenvalue weighted by molar-refractivity contribution is 0.0963. The number of aryl methyl sites for hydroxylation is 1. The Labute approximate surface area is 184 Å². The number of hydrogen-bond donors (Lipinski definition) is 4. The number of para-hydroxylation sites is 1. The molecule has 3 aromatic rings. The predicted molar refractivity (Wildman–Crippen MR) is 129 cm³/mol. The molecule has 1 aromatic heterocycles. The second kappa shape index (κ2) is 11.2. The number of H-pyrrole nitrogens is 1. The molecule has 0 atom stereocenters. The first-order valence-electron chi connectivity index (χ1n) is 11.1. The molecule has 0 unspecified atom stereocenters. The maximum Gasteiger partial charge on any atom is 0.251 e. The molecule has 164 valence electrons. The molecule has 1 amide bonds. The first kappa shape index (κ1) is 22.4.